The van der Waals surface area contributed by atoms with Gasteiger partial charge in [-0.05, 0) is 82.9 Å². The first-order valence-electron chi connectivity index (χ1n) is 13.4. The van der Waals surface area contributed by atoms with Crippen LogP contribution in [0.25, 0.3) is 6.08 Å². The summed E-state index contributed by atoms with van der Waals surface area (Å²) in [5.41, 5.74) is 1.59. The van der Waals surface area contributed by atoms with E-state index in [1.54, 1.807) is 48.5 Å². The van der Waals surface area contributed by atoms with Crippen LogP contribution >= 0.6 is 39.1 Å². The fraction of sp³-hybridized carbons (Fsp3) is 0.258. The molecule has 3 aromatic carbocycles. The largest absolute Gasteiger partial charge is 0.493 e. The topological polar surface area (TPSA) is 103 Å². The highest BCUT2D eigenvalue weighted by Gasteiger charge is 2.36. The molecule has 0 spiro atoms. The van der Waals surface area contributed by atoms with Crippen LogP contribution in [0.1, 0.15) is 37.0 Å². The van der Waals surface area contributed by atoms with E-state index < -0.39 is 17.8 Å². The average Bonchev–Trinajstić information content (AvgIpc) is 2.97. The standard InChI is InChI=1S/C31H29BrCl2N2O7/c1-4-10-42-25-9-6-18(13-26(25)40-3)16-36-30(38)22(29(37)35-31(36)39)11-19-12-23(32)28(27(14-19)41-5-2)43-17-20-7-8-21(33)15-24(20)34/h6-9,11-15H,4-5,10,16-17H2,1-3H3,(H,35,37,39)/b22-11+. The van der Waals surface area contributed by atoms with E-state index in [9.17, 15) is 14.4 Å². The van der Waals surface area contributed by atoms with Crippen molar-refractivity contribution in [2.75, 3.05) is 20.3 Å². The quantitative estimate of drug-likeness (QED) is 0.158. The SMILES string of the molecule is CCCOc1ccc(CN2C(=O)NC(=O)/C(=C\c3cc(Br)c(OCc4ccc(Cl)cc4Cl)c(OCC)c3)C2=O)cc1OC. The van der Waals surface area contributed by atoms with Crippen molar-refractivity contribution in [3.05, 3.63) is 85.3 Å². The molecule has 1 aliphatic heterocycles. The number of methoxy groups -OCH3 is 1. The number of nitrogens with zero attached hydrogens (tertiary/aromatic N) is 1. The summed E-state index contributed by atoms with van der Waals surface area (Å²) in [6.45, 7) is 4.71. The van der Waals surface area contributed by atoms with Crippen molar-refractivity contribution in [1.29, 1.82) is 0 Å². The van der Waals surface area contributed by atoms with Gasteiger partial charge in [-0.15, -0.1) is 0 Å². The first-order valence-corrected chi connectivity index (χ1v) is 14.9. The van der Waals surface area contributed by atoms with Crippen LogP contribution in [0.5, 0.6) is 23.0 Å². The van der Waals surface area contributed by atoms with Gasteiger partial charge in [-0.25, -0.2) is 4.79 Å². The maximum absolute atomic E-state index is 13.4. The molecule has 0 saturated carbocycles. The molecule has 1 heterocycles. The number of carbonyl (C=O) groups excluding carboxylic acids is 3. The van der Waals surface area contributed by atoms with Crippen molar-refractivity contribution in [2.45, 2.75) is 33.4 Å². The van der Waals surface area contributed by atoms with E-state index in [0.717, 1.165) is 16.9 Å². The maximum atomic E-state index is 13.4. The molecule has 0 aromatic heterocycles. The van der Waals surface area contributed by atoms with E-state index in [4.69, 9.17) is 42.1 Å². The molecule has 4 amide bonds. The molecule has 0 unspecified atom stereocenters. The van der Waals surface area contributed by atoms with Gasteiger partial charge in [-0.1, -0.05) is 42.3 Å². The number of halogens is 3. The second-order valence-electron chi connectivity index (χ2n) is 9.33. The third-order valence-corrected chi connectivity index (χ3v) is 7.42. The molecule has 0 aliphatic carbocycles. The smallest absolute Gasteiger partial charge is 0.331 e. The van der Waals surface area contributed by atoms with Gasteiger partial charge in [0.2, 0.25) is 0 Å². The number of carbonyl (C=O) groups is 3. The van der Waals surface area contributed by atoms with Gasteiger partial charge in [0.1, 0.15) is 12.2 Å². The van der Waals surface area contributed by atoms with Crippen molar-refractivity contribution in [3.63, 3.8) is 0 Å². The number of hydrogen-bond acceptors (Lipinski definition) is 7. The van der Waals surface area contributed by atoms with Gasteiger partial charge in [0.15, 0.2) is 23.0 Å². The number of imide groups is 2. The highest BCUT2D eigenvalue weighted by molar-refractivity contribution is 9.10. The van der Waals surface area contributed by atoms with E-state index in [1.807, 2.05) is 13.8 Å². The molecular formula is C31H29BrCl2N2O7. The van der Waals surface area contributed by atoms with Gasteiger partial charge in [0.05, 0.1) is 31.3 Å². The second-order valence-corrected chi connectivity index (χ2v) is 11.0. The zero-order valence-electron chi connectivity index (χ0n) is 23.7. The van der Waals surface area contributed by atoms with Gasteiger partial charge in [0, 0.05) is 15.6 Å². The van der Waals surface area contributed by atoms with E-state index in [1.165, 1.54) is 13.2 Å². The molecule has 0 bridgehead atoms. The molecule has 0 radical (unpaired) electrons. The maximum Gasteiger partial charge on any atom is 0.331 e. The summed E-state index contributed by atoms with van der Waals surface area (Å²) in [7, 11) is 1.51. The summed E-state index contributed by atoms with van der Waals surface area (Å²) in [6, 6.07) is 12.7. The molecule has 4 rings (SSSR count). The summed E-state index contributed by atoms with van der Waals surface area (Å²) < 4.78 is 23.4. The Bertz CT molecular complexity index is 1580. The molecule has 3 aromatic rings. The van der Waals surface area contributed by atoms with E-state index in [-0.39, 0.29) is 18.7 Å². The first kappa shape index (κ1) is 32.2. The van der Waals surface area contributed by atoms with Crippen LogP contribution < -0.4 is 24.3 Å². The van der Waals surface area contributed by atoms with Crippen molar-refractivity contribution in [3.8, 4) is 23.0 Å². The van der Waals surface area contributed by atoms with Crippen molar-refractivity contribution in [1.82, 2.24) is 10.2 Å². The minimum atomic E-state index is -0.821. The van der Waals surface area contributed by atoms with Crippen LogP contribution in [-0.4, -0.2) is 43.1 Å². The summed E-state index contributed by atoms with van der Waals surface area (Å²) in [6.07, 6.45) is 2.22. The Morgan fingerprint density at radius 3 is 2.42 bits per heavy atom. The number of nitrogens with one attached hydrogen (secondary N) is 1. The Morgan fingerprint density at radius 1 is 0.930 bits per heavy atom. The molecule has 1 aliphatic rings. The molecule has 1 fully saturated rings. The predicted molar refractivity (Wildman–Crippen MR) is 167 cm³/mol. The van der Waals surface area contributed by atoms with Crippen LogP contribution in [0.15, 0.2) is 58.6 Å². The summed E-state index contributed by atoms with van der Waals surface area (Å²) in [4.78, 5) is 39.8. The molecule has 1 saturated heterocycles. The lowest BCUT2D eigenvalue weighted by molar-refractivity contribution is -0.130. The lowest BCUT2D eigenvalue weighted by Crippen LogP contribution is -2.53. The minimum Gasteiger partial charge on any atom is -0.493 e. The number of urea groups is 1. The third kappa shape index (κ3) is 7.81. The van der Waals surface area contributed by atoms with Gasteiger partial charge in [0.25, 0.3) is 11.8 Å². The van der Waals surface area contributed by atoms with Crippen LogP contribution in [0.4, 0.5) is 4.79 Å². The van der Waals surface area contributed by atoms with Crippen molar-refractivity contribution >= 4 is 63.1 Å². The van der Waals surface area contributed by atoms with E-state index in [0.29, 0.717) is 61.9 Å². The lowest BCUT2D eigenvalue weighted by Gasteiger charge is -2.26. The van der Waals surface area contributed by atoms with Gasteiger partial charge < -0.3 is 18.9 Å². The summed E-state index contributed by atoms with van der Waals surface area (Å²) in [5.74, 6) is 0.258. The number of barbiturate groups is 1. The Balaban J connectivity index is 1.59. The highest BCUT2D eigenvalue weighted by atomic mass is 79.9. The van der Waals surface area contributed by atoms with Gasteiger partial charge in [-0.2, -0.15) is 0 Å². The monoisotopic (exact) mass is 690 g/mol. The molecule has 12 heteroatoms. The van der Waals surface area contributed by atoms with Crippen molar-refractivity contribution in [2.24, 2.45) is 0 Å². The van der Waals surface area contributed by atoms with Crippen LogP contribution in [0.3, 0.4) is 0 Å². The Hall–Kier alpha value is -3.73. The van der Waals surface area contributed by atoms with E-state index >= 15 is 0 Å². The number of amides is 4. The molecule has 1 N–H and O–H groups in total. The molecule has 0 atom stereocenters. The molecule has 43 heavy (non-hydrogen) atoms. The Labute approximate surface area is 267 Å². The Kier molecular flexibility index (Phi) is 11.0. The third-order valence-electron chi connectivity index (χ3n) is 6.25. The second kappa shape index (κ2) is 14.6. The number of ether oxygens (including phenoxy) is 4. The zero-order valence-corrected chi connectivity index (χ0v) is 26.8. The first-order chi connectivity index (χ1) is 20.6. The minimum absolute atomic E-state index is 0.0897. The molecule has 226 valence electrons. The number of rotatable bonds is 12. The molecular weight excluding hydrogens is 663 g/mol. The predicted octanol–water partition coefficient (Wildman–Crippen LogP) is 7.19. The fourth-order valence-electron chi connectivity index (χ4n) is 4.19. The van der Waals surface area contributed by atoms with Crippen molar-refractivity contribution < 1.29 is 33.3 Å². The molecule has 9 nitrogen and oxygen atoms in total. The summed E-state index contributed by atoms with van der Waals surface area (Å²) >= 11 is 15.8. The average molecular weight is 692 g/mol. The summed E-state index contributed by atoms with van der Waals surface area (Å²) in [5, 5.41) is 3.22. The van der Waals surface area contributed by atoms with Crippen LogP contribution in [0, 0.1) is 0 Å². The van der Waals surface area contributed by atoms with Crippen LogP contribution in [-0.2, 0) is 22.7 Å². The fourth-order valence-corrected chi connectivity index (χ4v) is 5.23. The normalized spacial score (nSPS) is 14.1. The van der Waals surface area contributed by atoms with Crippen LogP contribution in [0.2, 0.25) is 10.0 Å². The lowest BCUT2D eigenvalue weighted by atomic mass is 10.1. The Morgan fingerprint density at radius 2 is 1.72 bits per heavy atom. The van der Waals surface area contributed by atoms with Gasteiger partial charge >= 0.3 is 6.03 Å². The number of hydrogen-bond donors (Lipinski definition) is 1. The number of benzene rings is 3. The van der Waals surface area contributed by atoms with E-state index in [2.05, 4.69) is 21.2 Å². The van der Waals surface area contributed by atoms with Gasteiger partial charge in [-0.3, -0.25) is 19.8 Å². The zero-order chi connectivity index (χ0) is 31.1. The highest BCUT2D eigenvalue weighted by Crippen LogP contribution is 2.39.